The van der Waals surface area contributed by atoms with Crippen LogP contribution in [0.1, 0.15) is 10.4 Å². The van der Waals surface area contributed by atoms with Gasteiger partial charge in [-0.05, 0) is 18.2 Å². The van der Waals surface area contributed by atoms with E-state index in [1.54, 1.807) is 16.6 Å². The molecule has 2 heterocycles. The quantitative estimate of drug-likeness (QED) is 0.508. The summed E-state index contributed by atoms with van der Waals surface area (Å²) in [5.74, 6) is -1.42. The highest BCUT2D eigenvalue weighted by Crippen LogP contribution is 2.18. The van der Waals surface area contributed by atoms with Crippen LogP contribution in [0.3, 0.4) is 0 Å². The van der Waals surface area contributed by atoms with Gasteiger partial charge in [-0.1, -0.05) is 30.3 Å². The van der Waals surface area contributed by atoms with Gasteiger partial charge in [-0.2, -0.15) is 4.52 Å². The van der Waals surface area contributed by atoms with Crippen molar-refractivity contribution >= 4 is 11.6 Å². The summed E-state index contributed by atoms with van der Waals surface area (Å²) >= 11 is 0. The molecule has 0 aliphatic rings. The second kappa shape index (κ2) is 8.01. The van der Waals surface area contributed by atoms with E-state index in [9.17, 15) is 13.6 Å². The topological polar surface area (TPSA) is 81.4 Å². The Morgan fingerprint density at radius 3 is 2.66 bits per heavy atom. The lowest BCUT2D eigenvalue weighted by molar-refractivity contribution is 0.0942. The Bertz CT molecular complexity index is 1160. The molecule has 0 unspecified atom stereocenters. The molecule has 146 valence electrons. The number of benzene rings is 2. The number of carbonyl (C=O) groups excluding carboxylic acids is 1. The Balaban J connectivity index is 1.39. The smallest absolute Gasteiger partial charge is 0.254 e. The van der Waals surface area contributed by atoms with Gasteiger partial charge in [-0.15, -0.1) is 15.3 Å². The highest BCUT2D eigenvalue weighted by atomic mass is 19.1. The van der Waals surface area contributed by atoms with E-state index >= 15 is 0 Å². The lowest BCUT2D eigenvalue weighted by Crippen LogP contribution is -2.29. The molecule has 0 bridgehead atoms. The second-order valence-electron chi connectivity index (χ2n) is 6.06. The van der Waals surface area contributed by atoms with Crippen LogP contribution in [0, 0.1) is 11.6 Å². The molecule has 0 aliphatic carbocycles. The van der Waals surface area contributed by atoms with Crippen molar-refractivity contribution in [1.29, 1.82) is 0 Å². The maximum Gasteiger partial charge on any atom is 0.254 e. The molecule has 9 heteroatoms. The third-order valence-electron chi connectivity index (χ3n) is 4.08. The summed E-state index contributed by atoms with van der Waals surface area (Å²) in [7, 11) is 0. The predicted molar refractivity (Wildman–Crippen MR) is 100 cm³/mol. The van der Waals surface area contributed by atoms with Crippen molar-refractivity contribution in [3.63, 3.8) is 0 Å². The number of nitrogens with one attached hydrogen (secondary N) is 1. The Kier molecular flexibility index (Phi) is 5.10. The first kappa shape index (κ1) is 18.5. The number of aromatic nitrogens is 4. The largest absolute Gasteiger partial charge is 0.475 e. The predicted octanol–water partition coefficient (Wildman–Crippen LogP) is 2.88. The van der Waals surface area contributed by atoms with Gasteiger partial charge in [0.25, 0.3) is 5.91 Å². The minimum Gasteiger partial charge on any atom is -0.475 e. The molecule has 0 saturated carbocycles. The van der Waals surface area contributed by atoms with Crippen molar-refractivity contribution in [1.82, 2.24) is 25.1 Å². The van der Waals surface area contributed by atoms with E-state index < -0.39 is 17.5 Å². The highest BCUT2D eigenvalue weighted by molar-refractivity contribution is 5.94. The molecular weight excluding hydrogens is 380 g/mol. The van der Waals surface area contributed by atoms with Crippen molar-refractivity contribution in [3.05, 3.63) is 77.9 Å². The summed E-state index contributed by atoms with van der Waals surface area (Å²) in [6.45, 7) is 0.221. The highest BCUT2D eigenvalue weighted by Gasteiger charge is 2.13. The van der Waals surface area contributed by atoms with Crippen molar-refractivity contribution < 1.29 is 18.3 Å². The zero-order chi connectivity index (χ0) is 20.2. The van der Waals surface area contributed by atoms with Crippen LogP contribution in [-0.2, 0) is 0 Å². The second-order valence-corrected chi connectivity index (χ2v) is 6.06. The van der Waals surface area contributed by atoms with Crippen LogP contribution >= 0.6 is 0 Å². The first-order valence-corrected chi connectivity index (χ1v) is 8.76. The Morgan fingerprint density at radius 1 is 1.03 bits per heavy atom. The first-order chi connectivity index (χ1) is 14.1. The van der Waals surface area contributed by atoms with Gasteiger partial charge in [-0.25, -0.2) is 8.78 Å². The number of hydrogen-bond acceptors (Lipinski definition) is 5. The van der Waals surface area contributed by atoms with Crippen LogP contribution in [0.25, 0.3) is 17.0 Å². The standard InChI is InChI=1S/C20H15F2N5O2/c21-14-6-7-15(16(22)12-14)20(28)23-10-11-29-18-9-8-17-24-25-19(27(17)26-18)13-4-2-1-3-5-13/h1-9,12H,10-11H2,(H,23,28). The molecule has 1 N–H and O–H groups in total. The fourth-order valence-corrected chi connectivity index (χ4v) is 2.71. The van der Waals surface area contributed by atoms with Crippen LogP contribution in [0.4, 0.5) is 8.78 Å². The fourth-order valence-electron chi connectivity index (χ4n) is 2.71. The van der Waals surface area contributed by atoms with E-state index in [-0.39, 0.29) is 18.7 Å². The molecule has 0 atom stereocenters. The fraction of sp³-hybridized carbons (Fsp3) is 0.100. The van der Waals surface area contributed by atoms with E-state index in [1.165, 1.54) is 0 Å². The molecule has 0 aliphatic heterocycles. The van der Waals surface area contributed by atoms with E-state index in [4.69, 9.17) is 4.74 Å². The number of hydrogen-bond donors (Lipinski definition) is 1. The van der Waals surface area contributed by atoms with Gasteiger partial charge in [0.1, 0.15) is 18.2 Å². The van der Waals surface area contributed by atoms with Gasteiger partial charge in [0.15, 0.2) is 11.5 Å². The van der Waals surface area contributed by atoms with E-state index in [0.29, 0.717) is 23.4 Å². The molecule has 0 radical (unpaired) electrons. The van der Waals surface area contributed by atoms with Gasteiger partial charge < -0.3 is 10.1 Å². The summed E-state index contributed by atoms with van der Waals surface area (Å²) in [6, 6.07) is 15.6. The van der Waals surface area contributed by atoms with Crippen molar-refractivity contribution in [3.8, 4) is 17.3 Å². The van der Waals surface area contributed by atoms with Gasteiger partial charge in [0, 0.05) is 17.7 Å². The molecule has 0 spiro atoms. The van der Waals surface area contributed by atoms with E-state index in [2.05, 4.69) is 20.6 Å². The third kappa shape index (κ3) is 4.03. The molecule has 0 saturated heterocycles. The number of rotatable bonds is 6. The van der Waals surface area contributed by atoms with E-state index in [0.717, 1.165) is 17.7 Å². The molecule has 29 heavy (non-hydrogen) atoms. The molecule has 1 amide bonds. The SMILES string of the molecule is O=C(NCCOc1ccc2nnc(-c3ccccc3)n2n1)c1ccc(F)cc1F. The van der Waals surface area contributed by atoms with Gasteiger partial charge >= 0.3 is 0 Å². The maximum atomic E-state index is 13.6. The lowest BCUT2D eigenvalue weighted by atomic mass is 10.2. The summed E-state index contributed by atoms with van der Waals surface area (Å²) in [5.41, 5.74) is 1.19. The van der Waals surface area contributed by atoms with Gasteiger partial charge in [0.05, 0.1) is 12.1 Å². The molecule has 7 nitrogen and oxygen atoms in total. The number of ether oxygens (including phenoxy) is 1. The zero-order valence-corrected chi connectivity index (χ0v) is 15.0. The summed E-state index contributed by atoms with van der Waals surface area (Å²) < 4.78 is 33.7. The first-order valence-electron chi connectivity index (χ1n) is 8.76. The number of nitrogens with zero attached hydrogens (tertiary/aromatic N) is 4. The Morgan fingerprint density at radius 2 is 1.86 bits per heavy atom. The van der Waals surface area contributed by atoms with Crippen LogP contribution in [-0.4, -0.2) is 38.9 Å². The lowest BCUT2D eigenvalue weighted by Gasteiger charge is -2.08. The van der Waals surface area contributed by atoms with Crippen LogP contribution in [0.5, 0.6) is 5.88 Å². The third-order valence-corrected chi connectivity index (χ3v) is 4.08. The minimum atomic E-state index is -0.920. The average molecular weight is 395 g/mol. The number of amides is 1. The van der Waals surface area contributed by atoms with Crippen LogP contribution in [0.2, 0.25) is 0 Å². The van der Waals surface area contributed by atoms with Gasteiger partial charge in [0.2, 0.25) is 5.88 Å². The molecule has 0 fully saturated rings. The maximum absolute atomic E-state index is 13.6. The zero-order valence-electron chi connectivity index (χ0n) is 15.0. The Labute approximate surface area is 164 Å². The minimum absolute atomic E-state index is 0.107. The summed E-state index contributed by atoms with van der Waals surface area (Å²) in [6.07, 6.45) is 0. The van der Waals surface area contributed by atoms with E-state index in [1.807, 2.05) is 30.3 Å². The number of halogens is 2. The number of carbonyl (C=O) groups is 1. The van der Waals surface area contributed by atoms with Crippen LogP contribution in [0.15, 0.2) is 60.7 Å². The monoisotopic (exact) mass is 395 g/mol. The molecular formula is C20H15F2N5O2. The van der Waals surface area contributed by atoms with Gasteiger partial charge in [-0.3, -0.25) is 4.79 Å². The van der Waals surface area contributed by atoms with Crippen molar-refractivity contribution in [2.24, 2.45) is 0 Å². The molecule has 2 aromatic carbocycles. The molecule has 4 rings (SSSR count). The van der Waals surface area contributed by atoms with Crippen molar-refractivity contribution in [2.45, 2.75) is 0 Å². The summed E-state index contributed by atoms with van der Waals surface area (Å²) in [4.78, 5) is 12.0. The van der Waals surface area contributed by atoms with Crippen molar-refractivity contribution in [2.75, 3.05) is 13.2 Å². The summed E-state index contributed by atoms with van der Waals surface area (Å²) in [5, 5.41) is 15.1. The molecule has 2 aromatic heterocycles. The average Bonchev–Trinajstić information content (AvgIpc) is 3.15. The normalized spacial score (nSPS) is 10.8. The van der Waals surface area contributed by atoms with Crippen LogP contribution < -0.4 is 10.1 Å². The molecule has 4 aromatic rings. The number of fused-ring (bicyclic) bond motifs is 1. The Hall–Kier alpha value is -3.88.